The SMILES string of the molecule is COc1cc(Cl)cc(CNc2cc(F)cc(F)c2F)c1O. The van der Waals surface area contributed by atoms with Crippen LogP contribution in [0.2, 0.25) is 5.02 Å². The number of aromatic hydroxyl groups is 1. The molecule has 2 aromatic rings. The third kappa shape index (κ3) is 3.33. The van der Waals surface area contributed by atoms with E-state index in [2.05, 4.69) is 5.32 Å². The zero-order valence-corrected chi connectivity index (χ0v) is 11.6. The van der Waals surface area contributed by atoms with Gasteiger partial charge in [0, 0.05) is 35.3 Å². The minimum absolute atomic E-state index is 0.0947. The summed E-state index contributed by atoms with van der Waals surface area (Å²) < 4.78 is 44.6. The summed E-state index contributed by atoms with van der Waals surface area (Å²) in [7, 11) is 1.35. The lowest BCUT2D eigenvalue weighted by molar-refractivity contribution is 0.371. The quantitative estimate of drug-likeness (QED) is 0.835. The van der Waals surface area contributed by atoms with E-state index in [1.807, 2.05) is 0 Å². The van der Waals surface area contributed by atoms with E-state index in [1.165, 1.54) is 19.2 Å². The van der Waals surface area contributed by atoms with Gasteiger partial charge in [-0.1, -0.05) is 11.6 Å². The van der Waals surface area contributed by atoms with Gasteiger partial charge < -0.3 is 15.2 Å². The summed E-state index contributed by atoms with van der Waals surface area (Å²) in [5.74, 6) is -3.46. The van der Waals surface area contributed by atoms with Crippen molar-refractivity contribution in [2.45, 2.75) is 6.54 Å². The number of benzene rings is 2. The van der Waals surface area contributed by atoms with Crippen molar-refractivity contribution in [2.24, 2.45) is 0 Å². The fourth-order valence-electron chi connectivity index (χ4n) is 1.79. The van der Waals surface area contributed by atoms with Crippen LogP contribution in [0.3, 0.4) is 0 Å². The molecule has 3 nitrogen and oxygen atoms in total. The molecule has 0 aliphatic heterocycles. The first-order valence-corrected chi connectivity index (χ1v) is 6.24. The Morgan fingerprint density at radius 3 is 2.57 bits per heavy atom. The van der Waals surface area contributed by atoms with Gasteiger partial charge >= 0.3 is 0 Å². The first-order valence-electron chi connectivity index (χ1n) is 5.86. The first-order chi connectivity index (χ1) is 9.92. The van der Waals surface area contributed by atoms with Crippen molar-refractivity contribution in [1.82, 2.24) is 0 Å². The number of methoxy groups -OCH3 is 1. The molecule has 112 valence electrons. The molecule has 2 N–H and O–H groups in total. The van der Waals surface area contributed by atoms with Crippen molar-refractivity contribution >= 4 is 17.3 Å². The number of ether oxygens (including phenoxy) is 1. The van der Waals surface area contributed by atoms with Crippen molar-refractivity contribution in [2.75, 3.05) is 12.4 Å². The van der Waals surface area contributed by atoms with E-state index in [0.29, 0.717) is 16.7 Å². The molecule has 21 heavy (non-hydrogen) atoms. The van der Waals surface area contributed by atoms with E-state index < -0.39 is 17.5 Å². The van der Waals surface area contributed by atoms with Gasteiger partial charge in [0.05, 0.1) is 12.8 Å². The Balaban J connectivity index is 2.27. The van der Waals surface area contributed by atoms with E-state index in [-0.39, 0.29) is 23.7 Å². The van der Waals surface area contributed by atoms with Crippen LogP contribution >= 0.6 is 11.6 Å². The summed E-state index contributed by atoms with van der Waals surface area (Å²) in [6.45, 7) is -0.0947. The van der Waals surface area contributed by atoms with E-state index in [1.54, 1.807) is 0 Å². The molecule has 0 fully saturated rings. The molecule has 0 aliphatic carbocycles. The second-order valence-electron chi connectivity index (χ2n) is 4.22. The number of halogens is 4. The molecule has 7 heteroatoms. The summed E-state index contributed by atoms with van der Waals surface area (Å²) in [5.41, 5.74) is -0.0609. The lowest BCUT2D eigenvalue weighted by Gasteiger charge is -2.12. The molecule has 0 amide bonds. The molecule has 0 heterocycles. The summed E-state index contributed by atoms with van der Waals surface area (Å²) in [5, 5.41) is 12.7. The number of hydrogen-bond donors (Lipinski definition) is 2. The maximum atomic E-state index is 13.5. The summed E-state index contributed by atoms with van der Waals surface area (Å²) >= 11 is 5.85. The van der Waals surface area contributed by atoms with Gasteiger partial charge in [0.25, 0.3) is 0 Å². The Morgan fingerprint density at radius 1 is 1.19 bits per heavy atom. The second-order valence-corrected chi connectivity index (χ2v) is 4.65. The third-order valence-electron chi connectivity index (χ3n) is 2.80. The molecule has 0 bridgehead atoms. The minimum atomic E-state index is -1.30. The van der Waals surface area contributed by atoms with Gasteiger partial charge in [-0.25, -0.2) is 13.2 Å². The average Bonchev–Trinajstić information content (AvgIpc) is 2.44. The lowest BCUT2D eigenvalue weighted by Crippen LogP contribution is -2.04. The van der Waals surface area contributed by atoms with Crippen LogP contribution in [-0.4, -0.2) is 12.2 Å². The molecule has 2 rings (SSSR count). The van der Waals surface area contributed by atoms with Gasteiger partial charge in [0.15, 0.2) is 23.1 Å². The largest absolute Gasteiger partial charge is 0.504 e. The van der Waals surface area contributed by atoms with Gasteiger partial charge in [-0.2, -0.15) is 0 Å². The number of nitrogens with one attached hydrogen (secondary N) is 1. The molecule has 0 aromatic heterocycles. The maximum Gasteiger partial charge on any atom is 0.182 e. The number of hydrogen-bond acceptors (Lipinski definition) is 3. The zero-order chi connectivity index (χ0) is 15.6. The molecular formula is C14H11ClF3NO2. The number of phenols is 1. The molecule has 0 unspecified atom stereocenters. The van der Waals surface area contributed by atoms with Crippen molar-refractivity contribution in [3.05, 3.63) is 52.3 Å². The van der Waals surface area contributed by atoms with Gasteiger partial charge in [0.1, 0.15) is 5.82 Å². The maximum absolute atomic E-state index is 13.5. The smallest absolute Gasteiger partial charge is 0.182 e. The van der Waals surface area contributed by atoms with Crippen molar-refractivity contribution in [1.29, 1.82) is 0 Å². The Labute approximate surface area is 123 Å². The fraction of sp³-hybridized carbons (Fsp3) is 0.143. The van der Waals surface area contributed by atoms with Gasteiger partial charge in [-0.3, -0.25) is 0 Å². The van der Waals surface area contributed by atoms with E-state index in [4.69, 9.17) is 16.3 Å². The molecular weight excluding hydrogens is 307 g/mol. The minimum Gasteiger partial charge on any atom is -0.504 e. The molecule has 0 radical (unpaired) electrons. The molecule has 0 spiro atoms. The predicted octanol–water partition coefficient (Wildman–Crippen LogP) is 4.08. The number of anilines is 1. The molecule has 0 atom stereocenters. The van der Waals surface area contributed by atoms with Crippen LogP contribution < -0.4 is 10.1 Å². The third-order valence-corrected chi connectivity index (χ3v) is 3.02. The zero-order valence-electron chi connectivity index (χ0n) is 10.9. The predicted molar refractivity (Wildman–Crippen MR) is 73.3 cm³/mol. The van der Waals surface area contributed by atoms with Gasteiger partial charge in [-0.05, 0) is 6.07 Å². The normalized spacial score (nSPS) is 10.5. The van der Waals surface area contributed by atoms with Crippen LogP contribution in [0.5, 0.6) is 11.5 Å². The summed E-state index contributed by atoms with van der Waals surface area (Å²) in [6, 6.07) is 4.10. The summed E-state index contributed by atoms with van der Waals surface area (Å²) in [4.78, 5) is 0. The van der Waals surface area contributed by atoms with Crippen LogP contribution in [-0.2, 0) is 6.54 Å². The second kappa shape index (κ2) is 6.13. The Hall–Kier alpha value is -2.08. The Bertz CT molecular complexity index is 680. The summed E-state index contributed by atoms with van der Waals surface area (Å²) in [6.07, 6.45) is 0. The first kappa shape index (κ1) is 15.3. The fourth-order valence-corrected chi connectivity index (χ4v) is 2.02. The molecule has 2 aromatic carbocycles. The van der Waals surface area contributed by atoms with Crippen molar-refractivity contribution < 1.29 is 23.0 Å². The number of phenolic OH excluding ortho intramolecular Hbond substituents is 1. The van der Waals surface area contributed by atoms with Crippen LogP contribution in [0.4, 0.5) is 18.9 Å². The molecule has 0 aliphatic rings. The highest BCUT2D eigenvalue weighted by molar-refractivity contribution is 6.30. The number of rotatable bonds is 4. The highest BCUT2D eigenvalue weighted by Gasteiger charge is 2.13. The average molecular weight is 318 g/mol. The Morgan fingerprint density at radius 2 is 1.90 bits per heavy atom. The van der Waals surface area contributed by atoms with Crippen molar-refractivity contribution in [3.8, 4) is 11.5 Å². The van der Waals surface area contributed by atoms with Gasteiger partial charge in [0.2, 0.25) is 0 Å². The highest BCUT2D eigenvalue weighted by Crippen LogP contribution is 2.34. The van der Waals surface area contributed by atoms with E-state index in [9.17, 15) is 18.3 Å². The van der Waals surface area contributed by atoms with E-state index in [0.717, 1.165) is 6.07 Å². The van der Waals surface area contributed by atoms with E-state index >= 15 is 0 Å². The molecule has 0 saturated carbocycles. The van der Waals surface area contributed by atoms with Crippen LogP contribution in [0.25, 0.3) is 0 Å². The molecule has 0 saturated heterocycles. The monoisotopic (exact) mass is 317 g/mol. The lowest BCUT2D eigenvalue weighted by atomic mass is 10.1. The Kier molecular flexibility index (Phi) is 4.47. The topological polar surface area (TPSA) is 41.5 Å². The highest BCUT2D eigenvalue weighted by atomic mass is 35.5. The van der Waals surface area contributed by atoms with Crippen LogP contribution in [0.1, 0.15) is 5.56 Å². The van der Waals surface area contributed by atoms with Crippen molar-refractivity contribution in [3.63, 3.8) is 0 Å². The van der Waals surface area contributed by atoms with Crippen LogP contribution in [0, 0.1) is 17.5 Å². The standard InChI is InChI=1S/C14H11ClF3NO2/c1-21-12-3-8(15)2-7(14(12)20)6-19-11-5-9(16)4-10(17)13(11)18/h2-5,19-20H,6H2,1H3. The van der Waals surface area contributed by atoms with Gasteiger partial charge in [-0.15, -0.1) is 0 Å². The van der Waals surface area contributed by atoms with Crippen LogP contribution in [0.15, 0.2) is 24.3 Å².